The van der Waals surface area contributed by atoms with E-state index in [0.29, 0.717) is 6.42 Å². The van der Waals surface area contributed by atoms with Gasteiger partial charge in [-0.1, -0.05) is 110 Å². The Morgan fingerprint density at radius 3 is 1.80 bits per heavy atom. The highest BCUT2D eigenvalue weighted by molar-refractivity contribution is 5.76. The number of rotatable bonds is 25. The average Bonchev–Trinajstić information content (AvgIpc) is 2.97. The fourth-order valence-corrected chi connectivity index (χ4v) is 5.25. The molecule has 1 heterocycles. The molecule has 0 saturated carbocycles. The highest BCUT2D eigenvalue weighted by Gasteiger charge is 2.44. The highest BCUT2D eigenvalue weighted by atomic mass is 16.7. The molecule has 0 aliphatic carbocycles. The molecule has 41 heavy (non-hydrogen) atoms. The highest BCUT2D eigenvalue weighted by Crippen LogP contribution is 2.23. The van der Waals surface area contributed by atoms with Gasteiger partial charge in [-0.15, -0.1) is 0 Å². The molecular weight excluding hydrogens is 530 g/mol. The number of hydrogen-bond donors (Lipinski definition) is 7. The lowest BCUT2D eigenvalue weighted by molar-refractivity contribution is -0.303. The Kier molecular flexibility index (Phi) is 22.0. The van der Waals surface area contributed by atoms with E-state index >= 15 is 0 Å². The lowest BCUT2D eigenvalue weighted by Gasteiger charge is -2.40. The number of hydrogen-bond acceptors (Lipinski definition) is 9. The lowest BCUT2D eigenvalue weighted by Crippen LogP contribution is -2.60. The van der Waals surface area contributed by atoms with Crippen molar-refractivity contribution >= 4 is 5.91 Å². The third-order valence-corrected chi connectivity index (χ3v) is 8.05. The maximum absolute atomic E-state index is 12.7. The number of aliphatic hydroxyl groups excluding tert-OH is 6. The molecule has 0 aromatic heterocycles. The Morgan fingerprint density at radius 1 is 0.756 bits per heavy atom. The smallest absolute Gasteiger partial charge is 0.220 e. The summed E-state index contributed by atoms with van der Waals surface area (Å²) in [6.07, 6.45) is 8.66. The summed E-state index contributed by atoms with van der Waals surface area (Å²) in [5.74, 6) is -0.267. The molecule has 1 fully saturated rings. The Morgan fingerprint density at radius 2 is 1.27 bits per heavy atom. The van der Waals surface area contributed by atoms with Crippen LogP contribution >= 0.6 is 0 Å². The molecular formula is C31H61NO9. The topological polar surface area (TPSA) is 169 Å². The maximum Gasteiger partial charge on any atom is 0.220 e. The van der Waals surface area contributed by atoms with E-state index in [9.17, 15) is 35.4 Å². The van der Waals surface area contributed by atoms with Crippen molar-refractivity contribution in [2.45, 2.75) is 178 Å². The molecule has 7 N–H and O–H groups in total. The first-order valence-electron chi connectivity index (χ1n) is 16.3. The van der Waals surface area contributed by atoms with Gasteiger partial charge in [0, 0.05) is 6.42 Å². The van der Waals surface area contributed by atoms with Gasteiger partial charge in [-0.25, -0.2) is 0 Å². The van der Waals surface area contributed by atoms with E-state index in [4.69, 9.17) is 9.47 Å². The molecule has 0 aromatic carbocycles. The average molecular weight is 592 g/mol. The van der Waals surface area contributed by atoms with Crippen LogP contribution in [0.2, 0.25) is 0 Å². The van der Waals surface area contributed by atoms with Crippen molar-refractivity contribution in [2.24, 2.45) is 0 Å². The minimum absolute atomic E-state index is 0.267. The van der Waals surface area contributed by atoms with E-state index in [-0.39, 0.29) is 18.9 Å². The second kappa shape index (κ2) is 23.6. The van der Waals surface area contributed by atoms with E-state index in [0.717, 1.165) is 51.4 Å². The Balaban J connectivity index is 2.61. The molecule has 1 amide bonds. The van der Waals surface area contributed by atoms with Gasteiger partial charge in [0.25, 0.3) is 0 Å². The SMILES string of the molecule is CCCCCCCCCCC(=O)N[C@@H](CO[C@@H]1O[C@H](CO)[C@@H](O)C(O)C1O)[C@H](O)[C@H](O)CCCCCCCCCC. The van der Waals surface area contributed by atoms with E-state index < -0.39 is 55.6 Å². The minimum Gasteiger partial charge on any atom is -0.394 e. The van der Waals surface area contributed by atoms with Gasteiger partial charge in [0.2, 0.25) is 5.91 Å². The van der Waals surface area contributed by atoms with Crippen LogP contribution < -0.4 is 5.32 Å². The predicted molar refractivity (Wildman–Crippen MR) is 158 cm³/mol. The molecule has 1 saturated heterocycles. The summed E-state index contributed by atoms with van der Waals surface area (Å²) in [4.78, 5) is 12.7. The zero-order valence-corrected chi connectivity index (χ0v) is 25.7. The zero-order valence-electron chi connectivity index (χ0n) is 25.7. The Bertz CT molecular complexity index is 639. The van der Waals surface area contributed by atoms with Crippen LogP contribution in [0.3, 0.4) is 0 Å². The molecule has 0 aromatic rings. The largest absolute Gasteiger partial charge is 0.394 e. The van der Waals surface area contributed by atoms with Gasteiger partial charge in [-0.3, -0.25) is 4.79 Å². The summed E-state index contributed by atoms with van der Waals surface area (Å²) >= 11 is 0. The standard InChI is InChI=1S/C31H61NO9/c1-3-5-7-9-11-13-15-17-19-24(34)27(36)23(32-26(35)20-18-16-14-12-10-8-6-4-2)22-40-31-30(39)29(38)28(37)25(21-33)41-31/h23-25,27-31,33-34,36-39H,3-22H2,1-2H3,(H,32,35)/t23-,24+,25+,27-,28+,29?,30?,31+/m0/s1. The third-order valence-electron chi connectivity index (χ3n) is 8.05. The predicted octanol–water partition coefficient (Wildman–Crippen LogP) is 3.07. The van der Waals surface area contributed by atoms with Crippen LogP contribution in [0.1, 0.15) is 129 Å². The van der Waals surface area contributed by atoms with E-state index in [1.807, 2.05) is 0 Å². The van der Waals surface area contributed by atoms with Crippen LogP contribution in [0.15, 0.2) is 0 Å². The van der Waals surface area contributed by atoms with Gasteiger partial charge in [0.1, 0.15) is 30.5 Å². The molecule has 1 aliphatic heterocycles. The van der Waals surface area contributed by atoms with Crippen molar-refractivity contribution in [3.05, 3.63) is 0 Å². The maximum atomic E-state index is 12.7. The van der Waals surface area contributed by atoms with Crippen molar-refractivity contribution < 1.29 is 44.9 Å². The second-order valence-electron chi connectivity index (χ2n) is 11.8. The summed E-state index contributed by atoms with van der Waals surface area (Å²) in [6.45, 7) is 3.48. The number of carbonyl (C=O) groups is 1. The molecule has 10 heteroatoms. The molecule has 0 spiro atoms. The minimum atomic E-state index is -1.60. The van der Waals surface area contributed by atoms with Crippen LogP contribution in [0, 0.1) is 0 Å². The van der Waals surface area contributed by atoms with E-state index in [1.165, 1.54) is 51.4 Å². The monoisotopic (exact) mass is 591 g/mol. The van der Waals surface area contributed by atoms with Crippen LogP contribution in [0.4, 0.5) is 0 Å². The number of carbonyl (C=O) groups excluding carboxylic acids is 1. The fourth-order valence-electron chi connectivity index (χ4n) is 5.25. The van der Waals surface area contributed by atoms with Crippen LogP contribution in [-0.2, 0) is 14.3 Å². The van der Waals surface area contributed by atoms with Crippen molar-refractivity contribution in [1.82, 2.24) is 5.32 Å². The second-order valence-corrected chi connectivity index (χ2v) is 11.8. The quantitative estimate of drug-likeness (QED) is 0.0789. The molecule has 10 nitrogen and oxygen atoms in total. The first-order valence-corrected chi connectivity index (χ1v) is 16.3. The van der Waals surface area contributed by atoms with E-state index in [2.05, 4.69) is 19.2 Å². The van der Waals surface area contributed by atoms with Crippen molar-refractivity contribution in [3.63, 3.8) is 0 Å². The van der Waals surface area contributed by atoms with Crippen LogP contribution in [0.5, 0.6) is 0 Å². The Hall–Kier alpha value is -0.850. The van der Waals surface area contributed by atoms with Gasteiger partial charge in [-0.05, 0) is 12.8 Å². The molecule has 244 valence electrons. The molecule has 1 rings (SSSR count). The van der Waals surface area contributed by atoms with Crippen LogP contribution in [-0.4, -0.2) is 98.7 Å². The fraction of sp³-hybridized carbons (Fsp3) is 0.968. The van der Waals surface area contributed by atoms with Crippen LogP contribution in [0.25, 0.3) is 0 Å². The zero-order chi connectivity index (χ0) is 30.5. The van der Waals surface area contributed by atoms with Gasteiger partial charge in [0.15, 0.2) is 6.29 Å². The lowest BCUT2D eigenvalue weighted by atomic mass is 9.98. The number of aliphatic hydroxyl groups is 6. The summed E-state index contributed by atoms with van der Waals surface area (Å²) in [5.41, 5.74) is 0. The first-order chi connectivity index (χ1) is 19.8. The van der Waals surface area contributed by atoms with Gasteiger partial charge < -0.3 is 45.4 Å². The van der Waals surface area contributed by atoms with Crippen molar-refractivity contribution in [3.8, 4) is 0 Å². The summed E-state index contributed by atoms with van der Waals surface area (Å²) in [5, 5.41) is 64.2. The summed E-state index contributed by atoms with van der Waals surface area (Å²) in [6, 6.07) is -0.979. The normalized spacial score (nSPS) is 25.1. The Labute approximate surface area is 247 Å². The molecule has 0 bridgehead atoms. The van der Waals surface area contributed by atoms with Crippen molar-refractivity contribution in [2.75, 3.05) is 13.2 Å². The first kappa shape index (κ1) is 38.2. The number of nitrogens with one attached hydrogen (secondary N) is 1. The number of ether oxygens (including phenoxy) is 2. The van der Waals surface area contributed by atoms with E-state index in [1.54, 1.807) is 0 Å². The molecule has 2 unspecified atom stereocenters. The third kappa shape index (κ3) is 16.0. The summed E-state index contributed by atoms with van der Waals surface area (Å²) < 4.78 is 11.0. The molecule has 0 radical (unpaired) electrons. The molecule has 8 atom stereocenters. The van der Waals surface area contributed by atoms with Crippen molar-refractivity contribution in [1.29, 1.82) is 0 Å². The van der Waals surface area contributed by atoms with Gasteiger partial charge >= 0.3 is 0 Å². The number of amides is 1. The van der Waals surface area contributed by atoms with Gasteiger partial charge in [0.05, 0.1) is 25.4 Å². The summed E-state index contributed by atoms with van der Waals surface area (Å²) in [7, 11) is 0. The number of unbranched alkanes of at least 4 members (excludes halogenated alkanes) is 14. The molecule has 1 aliphatic rings. The van der Waals surface area contributed by atoms with Gasteiger partial charge in [-0.2, -0.15) is 0 Å².